The third-order valence-electron chi connectivity index (χ3n) is 4.88. The maximum atomic E-state index is 12.4. The van der Waals surface area contributed by atoms with Crippen LogP contribution in [0.15, 0.2) is 65.1 Å². The molecule has 28 heavy (non-hydrogen) atoms. The maximum absolute atomic E-state index is 12.4. The van der Waals surface area contributed by atoms with Crippen molar-refractivity contribution in [2.75, 3.05) is 13.1 Å². The Hall–Kier alpha value is -3.01. The summed E-state index contributed by atoms with van der Waals surface area (Å²) < 4.78 is 12.3. The smallest absolute Gasteiger partial charge is 0.246 e. The number of nitrogens with zero attached hydrogens (tertiary/aromatic N) is 1. The predicted octanol–water partition coefficient (Wildman–Crippen LogP) is 5.84. The van der Waals surface area contributed by atoms with E-state index in [1.807, 2.05) is 82.3 Å². The average Bonchev–Trinajstić information content (AvgIpc) is 3.15. The fraction of sp³-hybridized carbons (Fsp3) is 0.292. The van der Waals surface area contributed by atoms with Gasteiger partial charge in [-0.05, 0) is 51.0 Å². The number of ether oxygens (including phenoxy) is 1. The first kappa shape index (κ1) is 19.7. The van der Waals surface area contributed by atoms with Crippen molar-refractivity contribution in [1.29, 1.82) is 0 Å². The van der Waals surface area contributed by atoms with Crippen LogP contribution in [0.2, 0.25) is 0 Å². The van der Waals surface area contributed by atoms with Crippen molar-refractivity contribution in [2.24, 2.45) is 0 Å². The lowest BCUT2D eigenvalue weighted by atomic mass is 10.1. The number of likely N-dealkylation sites (N-methyl/N-ethyl adjacent to an activating group) is 1. The molecule has 0 saturated carbocycles. The van der Waals surface area contributed by atoms with E-state index in [4.69, 9.17) is 9.15 Å². The minimum Gasteiger partial charge on any atom is -0.482 e. The number of benzene rings is 2. The second-order valence-corrected chi connectivity index (χ2v) is 6.79. The molecule has 0 bridgehead atoms. The predicted molar refractivity (Wildman–Crippen MR) is 113 cm³/mol. The summed E-state index contributed by atoms with van der Waals surface area (Å²) in [5, 5.41) is 0.954. The summed E-state index contributed by atoms with van der Waals surface area (Å²) in [7, 11) is 0. The Labute approximate surface area is 166 Å². The van der Waals surface area contributed by atoms with Gasteiger partial charge in [-0.25, -0.2) is 0 Å². The molecule has 0 aliphatic heterocycles. The molecular weight excluding hydrogens is 350 g/mol. The van der Waals surface area contributed by atoms with Crippen LogP contribution in [0.4, 0.5) is 0 Å². The van der Waals surface area contributed by atoms with Gasteiger partial charge in [-0.1, -0.05) is 42.5 Å². The highest BCUT2D eigenvalue weighted by atomic mass is 16.5. The summed E-state index contributed by atoms with van der Waals surface area (Å²) in [4.78, 5) is 14.1. The first-order valence-electron chi connectivity index (χ1n) is 9.75. The van der Waals surface area contributed by atoms with E-state index in [9.17, 15) is 4.79 Å². The first-order valence-corrected chi connectivity index (χ1v) is 9.75. The molecular formula is C24H27NO3. The van der Waals surface area contributed by atoms with E-state index in [2.05, 4.69) is 0 Å². The van der Waals surface area contributed by atoms with Crippen molar-refractivity contribution < 1.29 is 13.9 Å². The van der Waals surface area contributed by atoms with Crippen molar-refractivity contribution in [1.82, 2.24) is 4.90 Å². The molecule has 1 heterocycles. The molecule has 2 aromatic carbocycles. The van der Waals surface area contributed by atoms with E-state index < -0.39 is 0 Å². The van der Waals surface area contributed by atoms with Crippen LogP contribution in [0.5, 0.6) is 5.75 Å². The highest BCUT2D eigenvalue weighted by molar-refractivity contribution is 5.95. The Balaban J connectivity index is 1.88. The van der Waals surface area contributed by atoms with Gasteiger partial charge in [0.15, 0.2) is 11.3 Å². The van der Waals surface area contributed by atoms with Gasteiger partial charge >= 0.3 is 0 Å². The Morgan fingerprint density at radius 3 is 2.50 bits per heavy atom. The van der Waals surface area contributed by atoms with E-state index in [-0.39, 0.29) is 12.0 Å². The zero-order valence-electron chi connectivity index (χ0n) is 16.9. The summed E-state index contributed by atoms with van der Waals surface area (Å²) >= 11 is 0. The molecule has 0 radical (unpaired) electrons. The molecule has 1 amide bonds. The van der Waals surface area contributed by atoms with Gasteiger partial charge in [0.05, 0.1) is 0 Å². The average molecular weight is 377 g/mol. The van der Waals surface area contributed by atoms with Crippen LogP contribution in [-0.2, 0) is 4.79 Å². The Bertz CT molecular complexity index is 968. The van der Waals surface area contributed by atoms with Gasteiger partial charge in [0.2, 0.25) is 5.91 Å². The fourth-order valence-electron chi connectivity index (χ4n) is 3.19. The molecule has 0 fully saturated rings. The second-order valence-electron chi connectivity index (χ2n) is 6.79. The van der Waals surface area contributed by atoms with Gasteiger partial charge < -0.3 is 14.1 Å². The summed E-state index contributed by atoms with van der Waals surface area (Å²) in [5.41, 5.74) is 2.60. The molecule has 1 unspecified atom stereocenters. The van der Waals surface area contributed by atoms with E-state index in [1.54, 1.807) is 11.0 Å². The van der Waals surface area contributed by atoms with Gasteiger partial charge in [0.25, 0.3) is 0 Å². The summed E-state index contributed by atoms with van der Waals surface area (Å²) in [6, 6.07) is 17.9. The van der Waals surface area contributed by atoms with Crippen LogP contribution in [-0.4, -0.2) is 23.9 Å². The van der Waals surface area contributed by atoms with Crippen LogP contribution < -0.4 is 4.74 Å². The lowest BCUT2D eigenvalue weighted by Gasteiger charge is -2.16. The number of hydrogen-bond acceptors (Lipinski definition) is 3. The maximum Gasteiger partial charge on any atom is 0.246 e. The van der Waals surface area contributed by atoms with Crippen LogP contribution >= 0.6 is 0 Å². The number of allylic oxidation sites excluding steroid dienone is 1. The Morgan fingerprint density at radius 2 is 1.82 bits per heavy atom. The van der Waals surface area contributed by atoms with Crippen molar-refractivity contribution in [3.8, 4) is 5.75 Å². The van der Waals surface area contributed by atoms with Crippen LogP contribution in [0.25, 0.3) is 16.5 Å². The molecule has 146 valence electrons. The number of carbonyl (C=O) groups is 1. The zero-order valence-corrected chi connectivity index (χ0v) is 16.9. The number of rotatable bonds is 7. The third-order valence-corrected chi connectivity index (χ3v) is 4.88. The van der Waals surface area contributed by atoms with Gasteiger partial charge in [-0.3, -0.25) is 4.79 Å². The topological polar surface area (TPSA) is 42.7 Å². The van der Waals surface area contributed by atoms with Gasteiger partial charge in [-0.2, -0.15) is 0 Å². The molecule has 3 aromatic rings. The Kier molecular flexibility index (Phi) is 6.19. The standard InChI is InChI=1S/C24H27NO3/c1-5-25(6-2)23(26)15-17(3)22-16-20-13-10-14-21(24(20)28-22)27-18(4)19-11-8-7-9-12-19/h7-16,18H,5-6H2,1-4H3/b17-15-. The molecule has 0 aliphatic rings. The molecule has 0 aliphatic carbocycles. The molecule has 0 N–H and O–H groups in total. The largest absolute Gasteiger partial charge is 0.482 e. The first-order chi connectivity index (χ1) is 13.5. The van der Waals surface area contributed by atoms with E-state index in [1.165, 1.54) is 0 Å². The van der Waals surface area contributed by atoms with E-state index in [0.29, 0.717) is 30.2 Å². The zero-order chi connectivity index (χ0) is 20.1. The minimum atomic E-state index is -0.0961. The van der Waals surface area contributed by atoms with Crippen LogP contribution in [0, 0.1) is 0 Å². The van der Waals surface area contributed by atoms with E-state index >= 15 is 0 Å². The van der Waals surface area contributed by atoms with Crippen LogP contribution in [0.3, 0.4) is 0 Å². The second kappa shape index (κ2) is 8.79. The summed E-state index contributed by atoms with van der Waals surface area (Å²) in [5.74, 6) is 1.37. The van der Waals surface area contributed by atoms with Gasteiger partial charge in [-0.15, -0.1) is 0 Å². The van der Waals surface area contributed by atoms with Crippen molar-refractivity contribution in [3.63, 3.8) is 0 Å². The van der Waals surface area contributed by atoms with E-state index in [0.717, 1.165) is 16.5 Å². The van der Waals surface area contributed by atoms with Crippen LogP contribution in [0.1, 0.15) is 45.1 Å². The van der Waals surface area contributed by atoms with Gasteiger partial charge in [0, 0.05) is 24.6 Å². The normalized spacial score (nSPS) is 12.8. The molecule has 1 aromatic heterocycles. The Morgan fingerprint density at radius 1 is 1.11 bits per heavy atom. The number of amides is 1. The number of fused-ring (bicyclic) bond motifs is 1. The lowest BCUT2D eigenvalue weighted by Crippen LogP contribution is -2.28. The minimum absolute atomic E-state index is 0.00266. The summed E-state index contributed by atoms with van der Waals surface area (Å²) in [6.07, 6.45) is 1.54. The molecule has 0 spiro atoms. The lowest BCUT2D eigenvalue weighted by molar-refractivity contribution is -0.125. The fourth-order valence-corrected chi connectivity index (χ4v) is 3.19. The number of carbonyl (C=O) groups excluding carboxylic acids is 1. The number of furan rings is 1. The molecule has 1 atom stereocenters. The third kappa shape index (κ3) is 4.28. The van der Waals surface area contributed by atoms with Crippen molar-refractivity contribution >= 4 is 22.4 Å². The number of para-hydroxylation sites is 1. The molecule has 3 rings (SSSR count). The highest BCUT2D eigenvalue weighted by Gasteiger charge is 2.15. The quantitative estimate of drug-likeness (QED) is 0.485. The SMILES string of the molecule is CCN(CC)C(=O)/C=C(/C)c1cc2cccc(OC(C)c3ccccc3)c2o1. The van der Waals surface area contributed by atoms with Crippen molar-refractivity contribution in [3.05, 3.63) is 72.0 Å². The highest BCUT2D eigenvalue weighted by Crippen LogP contribution is 2.33. The van der Waals surface area contributed by atoms with Gasteiger partial charge in [0.1, 0.15) is 11.9 Å². The summed E-state index contributed by atoms with van der Waals surface area (Å²) in [6.45, 7) is 9.24. The number of hydrogen-bond donors (Lipinski definition) is 0. The molecule has 4 heteroatoms. The van der Waals surface area contributed by atoms with Crippen molar-refractivity contribution in [2.45, 2.75) is 33.8 Å². The molecule has 0 saturated heterocycles. The molecule has 4 nitrogen and oxygen atoms in total. The monoisotopic (exact) mass is 377 g/mol.